The Morgan fingerprint density at radius 3 is 2.94 bits per heavy atom. The molecule has 0 bridgehead atoms. The van der Waals surface area contributed by atoms with E-state index in [1.54, 1.807) is 16.8 Å². The van der Waals surface area contributed by atoms with Crippen LogP contribution in [0.3, 0.4) is 0 Å². The molecule has 3 N–H and O–H groups in total. The van der Waals surface area contributed by atoms with E-state index in [0.717, 1.165) is 17.0 Å². The van der Waals surface area contributed by atoms with E-state index in [9.17, 15) is 4.79 Å². The van der Waals surface area contributed by atoms with Gasteiger partial charge in [-0.25, -0.2) is 4.98 Å². The molecule has 0 spiro atoms. The molecule has 6 heteroatoms. The number of rotatable bonds is 7. The maximum atomic E-state index is 11.3. The molecule has 17 heavy (non-hydrogen) atoms. The van der Waals surface area contributed by atoms with Crippen LogP contribution in [0.15, 0.2) is 5.51 Å². The minimum Gasteiger partial charge on any atom is -0.465 e. The lowest BCUT2D eigenvalue weighted by molar-refractivity contribution is -0.143. The quantitative estimate of drug-likeness (QED) is 0.440. The van der Waals surface area contributed by atoms with Gasteiger partial charge in [-0.3, -0.25) is 10.2 Å². The molecule has 0 aromatic carbocycles. The summed E-state index contributed by atoms with van der Waals surface area (Å²) in [6, 6.07) is 0. The van der Waals surface area contributed by atoms with Crippen molar-refractivity contribution >= 4 is 23.1 Å². The van der Waals surface area contributed by atoms with Gasteiger partial charge < -0.3 is 10.5 Å². The lowest BCUT2D eigenvalue weighted by Gasteiger charge is -2.03. The van der Waals surface area contributed by atoms with Crippen LogP contribution in [-0.2, 0) is 16.0 Å². The van der Waals surface area contributed by atoms with Gasteiger partial charge in [-0.1, -0.05) is 0 Å². The number of amidine groups is 1. The van der Waals surface area contributed by atoms with Crippen molar-refractivity contribution < 1.29 is 9.53 Å². The fourth-order valence-electron chi connectivity index (χ4n) is 1.32. The lowest BCUT2D eigenvalue weighted by atomic mass is 10.2. The van der Waals surface area contributed by atoms with Crippen molar-refractivity contribution in [3.8, 4) is 0 Å². The van der Waals surface area contributed by atoms with Crippen LogP contribution in [0.4, 0.5) is 0 Å². The van der Waals surface area contributed by atoms with Gasteiger partial charge in [0.05, 0.1) is 23.6 Å². The highest BCUT2D eigenvalue weighted by Gasteiger charge is 2.05. The third-order valence-electron chi connectivity index (χ3n) is 2.26. The molecule has 0 unspecified atom stereocenters. The number of thiazole rings is 1. The fraction of sp³-hybridized carbons (Fsp3) is 0.545. The van der Waals surface area contributed by atoms with Crippen LogP contribution in [0.25, 0.3) is 0 Å². The zero-order valence-electron chi connectivity index (χ0n) is 9.86. The van der Waals surface area contributed by atoms with E-state index >= 15 is 0 Å². The Labute approximate surface area is 105 Å². The van der Waals surface area contributed by atoms with Gasteiger partial charge in [0, 0.05) is 24.1 Å². The fourth-order valence-corrected chi connectivity index (χ4v) is 2.08. The van der Waals surface area contributed by atoms with E-state index in [1.165, 1.54) is 0 Å². The number of carbonyl (C=O) groups is 1. The van der Waals surface area contributed by atoms with Crippen molar-refractivity contribution in [2.45, 2.75) is 32.6 Å². The summed E-state index contributed by atoms with van der Waals surface area (Å²) < 4.78 is 5.08. The maximum absolute atomic E-state index is 11.3. The van der Waals surface area contributed by atoms with Gasteiger partial charge in [-0.05, 0) is 13.3 Å². The number of hydrogen-bond acceptors (Lipinski definition) is 5. The summed E-state index contributed by atoms with van der Waals surface area (Å²) in [6.07, 6.45) is 2.06. The Balaban J connectivity index is 2.12. The topological polar surface area (TPSA) is 89.1 Å². The van der Waals surface area contributed by atoms with Crippen molar-refractivity contribution in [3.05, 3.63) is 16.1 Å². The predicted molar refractivity (Wildman–Crippen MR) is 67.3 cm³/mol. The lowest BCUT2D eigenvalue weighted by Crippen LogP contribution is -2.11. The van der Waals surface area contributed by atoms with E-state index in [2.05, 4.69) is 4.98 Å². The molecule has 1 aromatic heterocycles. The van der Waals surface area contributed by atoms with Crippen LogP contribution in [0.2, 0.25) is 0 Å². The summed E-state index contributed by atoms with van der Waals surface area (Å²) in [5.74, 6) is -0.119. The van der Waals surface area contributed by atoms with Crippen molar-refractivity contribution in [1.82, 2.24) is 4.98 Å². The van der Waals surface area contributed by atoms with Crippen molar-refractivity contribution in [2.75, 3.05) is 6.61 Å². The molecule has 0 saturated heterocycles. The molecule has 1 rings (SSSR count). The molecule has 5 nitrogen and oxygen atoms in total. The van der Waals surface area contributed by atoms with Crippen LogP contribution in [0.5, 0.6) is 0 Å². The van der Waals surface area contributed by atoms with Gasteiger partial charge in [0.2, 0.25) is 0 Å². The molecule has 0 aliphatic heterocycles. The van der Waals surface area contributed by atoms with Crippen LogP contribution >= 0.6 is 11.3 Å². The minimum absolute atomic E-state index is 0.109. The normalized spacial score (nSPS) is 10.2. The second kappa shape index (κ2) is 7.01. The SMILES string of the molecule is Cc1ncsc1CCOC(=O)CCCC(=N)N. The first-order chi connectivity index (χ1) is 8.09. The van der Waals surface area contributed by atoms with Gasteiger partial charge in [0.15, 0.2) is 0 Å². The predicted octanol–water partition coefficient (Wildman–Crippen LogP) is 1.64. The first-order valence-corrected chi connectivity index (χ1v) is 6.35. The standard InChI is InChI=1S/C11H17N3O2S/c1-8-9(17-7-14-8)5-6-16-11(15)4-2-3-10(12)13/h7H,2-6H2,1H3,(H3,12,13). The summed E-state index contributed by atoms with van der Waals surface area (Å²) in [6.45, 7) is 2.34. The van der Waals surface area contributed by atoms with E-state index in [4.69, 9.17) is 15.9 Å². The van der Waals surface area contributed by atoms with Crippen LogP contribution in [0.1, 0.15) is 29.8 Å². The van der Waals surface area contributed by atoms with Gasteiger partial charge in [0.1, 0.15) is 0 Å². The average molecular weight is 255 g/mol. The number of nitrogens with two attached hydrogens (primary N) is 1. The van der Waals surface area contributed by atoms with Gasteiger partial charge in [-0.2, -0.15) is 0 Å². The van der Waals surface area contributed by atoms with Crippen molar-refractivity contribution in [2.24, 2.45) is 5.73 Å². The molecule has 1 aromatic rings. The molecule has 0 aliphatic rings. The minimum atomic E-state index is -0.228. The first kappa shape index (κ1) is 13.6. The molecule has 0 saturated carbocycles. The number of aryl methyl sites for hydroxylation is 1. The molecule has 0 radical (unpaired) electrons. The summed E-state index contributed by atoms with van der Waals surface area (Å²) in [4.78, 5) is 16.6. The van der Waals surface area contributed by atoms with Gasteiger partial charge >= 0.3 is 5.97 Å². The van der Waals surface area contributed by atoms with Crippen LogP contribution in [0, 0.1) is 12.3 Å². The van der Waals surface area contributed by atoms with E-state index in [1.807, 2.05) is 6.92 Å². The third kappa shape index (κ3) is 5.44. The number of nitrogens with zero attached hydrogens (tertiary/aromatic N) is 1. The molecule has 0 atom stereocenters. The molecule has 0 fully saturated rings. The zero-order chi connectivity index (χ0) is 12.7. The second-order valence-corrected chi connectivity index (χ2v) is 4.65. The first-order valence-electron chi connectivity index (χ1n) is 5.47. The number of nitrogens with one attached hydrogen (secondary N) is 1. The van der Waals surface area contributed by atoms with E-state index < -0.39 is 0 Å². The average Bonchev–Trinajstić information content (AvgIpc) is 2.64. The highest BCUT2D eigenvalue weighted by Crippen LogP contribution is 2.12. The van der Waals surface area contributed by atoms with Crippen molar-refractivity contribution in [3.63, 3.8) is 0 Å². The number of hydrogen-bond donors (Lipinski definition) is 2. The Kier molecular flexibility index (Phi) is 5.62. The Morgan fingerprint density at radius 1 is 1.59 bits per heavy atom. The highest BCUT2D eigenvalue weighted by atomic mass is 32.1. The number of carbonyl (C=O) groups excluding carboxylic acids is 1. The highest BCUT2D eigenvalue weighted by molar-refractivity contribution is 7.09. The zero-order valence-corrected chi connectivity index (χ0v) is 10.7. The van der Waals surface area contributed by atoms with Crippen molar-refractivity contribution in [1.29, 1.82) is 5.41 Å². The Morgan fingerprint density at radius 2 is 2.35 bits per heavy atom. The Bertz CT molecular complexity index is 390. The number of esters is 1. The monoisotopic (exact) mass is 255 g/mol. The van der Waals surface area contributed by atoms with Crippen LogP contribution in [-0.4, -0.2) is 23.4 Å². The number of ether oxygens (including phenoxy) is 1. The van der Waals surface area contributed by atoms with Crippen LogP contribution < -0.4 is 5.73 Å². The largest absolute Gasteiger partial charge is 0.465 e. The molecule has 0 aliphatic carbocycles. The molecule has 1 heterocycles. The second-order valence-electron chi connectivity index (χ2n) is 3.71. The Hall–Kier alpha value is -1.43. The molecule has 94 valence electrons. The van der Waals surface area contributed by atoms with Gasteiger partial charge in [0.25, 0.3) is 0 Å². The molecule has 0 amide bonds. The van der Waals surface area contributed by atoms with E-state index in [-0.39, 0.29) is 11.8 Å². The summed E-state index contributed by atoms with van der Waals surface area (Å²) in [5, 5.41) is 7.01. The van der Waals surface area contributed by atoms with Gasteiger partial charge in [-0.15, -0.1) is 11.3 Å². The maximum Gasteiger partial charge on any atom is 0.305 e. The van der Waals surface area contributed by atoms with E-state index in [0.29, 0.717) is 25.9 Å². The number of aromatic nitrogens is 1. The molecular formula is C11H17N3O2S. The summed E-state index contributed by atoms with van der Waals surface area (Å²) >= 11 is 1.58. The summed E-state index contributed by atoms with van der Waals surface area (Å²) in [5.41, 5.74) is 7.98. The smallest absolute Gasteiger partial charge is 0.305 e. The molecular weight excluding hydrogens is 238 g/mol. The third-order valence-corrected chi connectivity index (χ3v) is 3.26. The summed E-state index contributed by atoms with van der Waals surface area (Å²) in [7, 11) is 0.